The van der Waals surface area contributed by atoms with Crippen molar-refractivity contribution in [3.63, 3.8) is 0 Å². The Hall–Kier alpha value is -0.770. The Morgan fingerprint density at radius 2 is 2.14 bits per heavy atom. The Bertz CT molecular complexity index is 207. The van der Waals surface area contributed by atoms with E-state index in [1.54, 1.807) is 6.92 Å². The van der Waals surface area contributed by atoms with Crippen LogP contribution in [0.5, 0.6) is 0 Å². The normalized spacial score (nSPS) is 13.2. The van der Waals surface area contributed by atoms with Crippen LogP contribution in [0.2, 0.25) is 0 Å². The molecule has 0 aromatic rings. The molecule has 0 saturated carbocycles. The van der Waals surface area contributed by atoms with Crippen LogP contribution in [0.15, 0.2) is 0 Å². The average molecular weight is 210 g/mol. The van der Waals surface area contributed by atoms with Crippen molar-refractivity contribution in [3.05, 3.63) is 0 Å². The van der Waals surface area contributed by atoms with Gasteiger partial charge in [-0.15, -0.1) is 11.8 Å². The Labute approximate surface area is 80.8 Å². The number of hydrogen-bond donors (Lipinski definition) is 2. The maximum atomic E-state index is 11.7. The Morgan fingerprint density at radius 3 is 2.57 bits per heavy atom. The lowest BCUT2D eigenvalue weighted by molar-refractivity contribution is -0.175. The summed E-state index contributed by atoms with van der Waals surface area (Å²) in [5, 5.41) is 0. The highest BCUT2D eigenvalue weighted by molar-refractivity contribution is 4.97. The van der Waals surface area contributed by atoms with Gasteiger partial charge >= 0.3 is 6.18 Å². The van der Waals surface area contributed by atoms with Crippen molar-refractivity contribution in [2.24, 2.45) is 5.84 Å². The van der Waals surface area contributed by atoms with Crippen molar-refractivity contribution in [2.45, 2.75) is 25.6 Å². The number of alkyl halides is 3. The van der Waals surface area contributed by atoms with Crippen LogP contribution < -0.4 is 11.3 Å². The summed E-state index contributed by atoms with van der Waals surface area (Å²) < 4.78 is 39.4. The van der Waals surface area contributed by atoms with E-state index in [0.717, 1.165) is 0 Å². The second-order valence-electron chi connectivity index (χ2n) is 2.62. The summed E-state index contributed by atoms with van der Waals surface area (Å²) in [4.78, 5) is 0. The molecule has 0 spiro atoms. The lowest BCUT2D eigenvalue weighted by Gasteiger charge is -2.14. The molecule has 0 saturated heterocycles. The summed E-state index contributed by atoms with van der Waals surface area (Å²) in [7, 11) is 0. The molecular weight excluding hydrogens is 197 g/mol. The number of halogens is 3. The summed E-state index contributed by atoms with van der Waals surface area (Å²) >= 11 is 0. The van der Waals surface area contributed by atoms with Crippen LogP contribution in [0.4, 0.5) is 13.2 Å². The number of rotatable bonds is 5. The van der Waals surface area contributed by atoms with E-state index in [9.17, 15) is 13.2 Å². The summed E-state index contributed by atoms with van der Waals surface area (Å²) in [6.07, 6.45) is -3.93. The van der Waals surface area contributed by atoms with E-state index in [-0.39, 0.29) is 12.6 Å². The molecule has 3 nitrogen and oxygen atoms in total. The number of nitrogens with two attached hydrogens (primary N) is 1. The number of ether oxygens (including phenoxy) is 1. The monoisotopic (exact) mass is 210 g/mol. The van der Waals surface area contributed by atoms with Gasteiger partial charge in [0.25, 0.3) is 0 Å². The van der Waals surface area contributed by atoms with E-state index in [2.05, 4.69) is 22.0 Å². The first-order valence-corrected chi connectivity index (χ1v) is 4.00. The van der Waals surface area contributed by atoms with Crippen molar-refractivity contribution < 1.29 is 17.9 Å². The molecule has 0 fully saturated rings. The molecule has 6 heteroatoms. The van der Waals surface area contributed by atoms with Gasteiger partial charge in [-0.2, -0.15) is 13.2 Å². The van der Waals surface area contributed by atoms with Crippen LogP contribution in [0.1, 0.15) is 13.3 Å². The van der Waals surface area contributed by atoms with Crippen molar-refractivity contribution in [2.75, 3.05) is 13.2 Å². The van der Waals surface area contributed by atoms with Crippen molar-refractivity contribution in [1.82, 2.24) is 5.43 Å². The van der Waals surface area contributed by atoms with Crippen LogP contribution >= 0.6 is 0 Å². The minimum absolute atomic E-state index is 0.106. The third-order valence-corrected chi connectivity index (χ3v) is 1.35. The fraction of sp³-hybridized carbons (Fsp3) is 0.750. The standard InChI is InChI=1S/C8H13F3N2O/c1-2-3-4-7(13-12)5-14-6-8(9,10)11/h7,13H,4-6,12H2,1H3. The SMILES string of the molecule is CC#CCC(COCC(F)(F)F)NN. The van der Waals surface area contributed by atoms with Crippen LogP contribution in [0.25, 0.3) is 0 Å². The molecule has 14 heavy (non-hydrogen) atoms. The van der Waals surface area contributed by atoms with E-state index < -0.39 is 12.8 Å². The molecule has 1 unspecified atom stereocenters. The van der Waals surface area contributed by atoms with Gasteiger partial charge < -0.3 is 4.74 Å². The van der Waals surface area contributed by atoms with Crippen LogP contribution in [0, 0.1) is 11.8 Å². The van der Waals surface area contributed by atoms with E-state index >= 15 is 0 Å². The predicted molar refractivity (Wildman–Crippen MR) is 46.1 cm³/mol. The molecule has 0 aliphatic carbocycles. The molecule has 3 N–H and O–H groups in total. The van der Waals surface area contributed by atoms with Gasteiger partial charge in [-0.3, -0.25) is 11.3 Å². The quantitative estimate of drug-likeness (QED) is 0.401. The topological polar surface area (TPSA) is 47.3 Å². The zero-order valence-electron chi connectivity index (χ0n) is 7.82. The number of hydrazine groups is 1. The van der Waals surface area contributed by atoms with Gasteiger partial charge in [0, 0.05) is 6.42 Å². The van der Waals surface area contributed by atoms with Gasteiger partial charge in [0.1, 0.15) is 6.61 Å². The highest BCUT2D eigenvalue weighted by Gasteiger charge is 2.27. The van der Waals surface area contributed by atoms with Gasteiger partial charge in [0.2, 0.25) is 0 Å². The molecule has 0 aromatic heterocycles. The highest BCUT2D eigenvalue weighted by atomic mass is 19.4. The number of hydrogen-bond acceptors (Lipinski definition) is 3. The van der Waals surface area contributed by atoms with E-state index in [1.807, 2.05) is 0 Å². The molecule has 1 atom stereocenters. The van der Waals surface area contributed by atoms with E-state index in [0.29, 0.717) is 6.42 Å². The fourth-order valence-electron chi connectivity index (χ4n) is 0.708. The first-order valence-electron chi connectivity index (χ1n) is 4.00. The molecule has 82 valence electrons. The first-order chi connectivity index (χ1) is 6.49. The Kier molecular flexibility index (Phi) is 6.28. The molecule has 0 amide bonds. The number of nitrogens with one attached hydrogen (secondary N) is 1. The Morgan fingerprint density at radius 1 is 1.50 bits per heavy atom. The Balaban J connectivity index is 3.66. The lowest BCUT2D eigenvalue weighted by atomic mass is 10.2. The van der Waals surface area contributed by atoms with Gasteiger partial charge in [0.05, 0.1) is 12.6 Å². The largest absolute Gasteiger partial charge is 0.411 e. The second kappa shape index (κ2) is 6.65. The summed E-state index contributed by atoms with van der Waals surface area (Å²) in [6, 6.07) is -0.371. The van der Waals surface area contributed by atoms with Gasteiger partial charge in [-0.05, 0) is 6.92 Å². The summed E-state index contributed by atoms with van der Waals surface area (Å²) in [5.41, 5.74) is 2.33. The zero-order chi connectivity index (χ0) is 11.0. The highest BCUT2D eigenvalue weighted by Crippen LogP contribution is 2.14. The maximum absolute atomic E-state index is 11.7. The molecule has 0 aliphatic rings. The van der Waals surface area contributed by atoms with Crippen LogP contribution in [0.3, 0.4) is 0 Å². The first kappa shape index (κ1) is 13.2. The molecule has 0 aromatic carbocycles. The van der Waals surface area contributed by atoms with Crippen molar-refractivity contribution >= 4 is 0 Å². The molecule has 0 bridgehead atoms. The maximum Gasteiger partial charge on any atom is 0.411 e. The molecule has 0 aliphatic heterocycles. The van der Waals surface area contributed by atoms with Crippen LogP contribution in [-0.2, 0) is 4.74 Å². The van der Waals surface area contributed by atoms with Gasteiger partial charge in [-0.25, -0.2) is 0 Å². The van der Waals surface area contributed by atoms with E-state index in [1.165, 1.54) is 0 Å². The third kappa shape index (κ3) is 7.86. The minimum Gasteiger partial charge on any atom is -0.370 e. The molecule has 0 rings (SSSR count). The minimum atomic E-state index is -4.30. The summed E-state index contributed by atoms with van der Waals surface area (Å²) in [5.74, 6) is 10.4. The summed E-state index contributed by atoms with van der Waals surface area (Å²) in [6.45, 7) is 0.277. The zero-order valence-corrected chi connectivity index (χ0v) is 7.82. The molecular formula is C8H13F3N2O. The fourth-order valence-corrected chi connectivity index (χ4v) is 0.708. The second-order valence-corrected chi connectivity index (χ2v) is 2.62. The third-order valence-electron chi connectivity index (χ3n) is 1.35. The van der Waals surface area contributed by atoms with Gasteiger partial charge in [0.15, 0.2) is 0 Å². The molecule has 0 radical (unpaired) electrons. The van der Waals surface area contributed by atoms with Gasteiger partial charge in [-0.1, -0.05) is 0 Å². The predicted octanol–water partition coefficient (Wildman–Crippen LogP) is 0.811. The van der Waals surface area contributed by atoms with Crippen molar-refractivity contribution in [1.29, 1.82) is 0 Å². The molecule has 0 heterocycles. The van der Waals surface area contributed by atoms with Crippen molar-refractivity contribution in [3.8, 4) is 11.8 Å². The van der Waals surface area contributed by atoms with E-state index in [4.69, 9.17) is 5.84 Å². The smallest absolute Gasteiger partial charge is 0.370 e. The average Bonchev–Trinajstić information content (AvgIpc) is 2.09. The van der Waals surface area contributed by atoms with Crippen LogP contribution in [-0.4, -0.2) is 25.4 Å². The lowest BCUT2D eigenvalue weighted by Crippen LogP contribution is -2.39.